The molecular weight excluding hydrogens is 222 g/mol. The number of carboxylic acids is 1. The first kappa shape index (κ1) is 11.9. The van der Waals surface area contributed by atoms with Gasteiger partial charge in [-0.25, -0.2) is 0 Å². The minimum Gasteiger partial charge on any atom is -0.481 e. The Morgan fingerprint density at radius 2 is 1.92 bits per heavy atom. The number of hydrogen-bond donors (Lipinski definition) is 1. The number of carbonyl (C=O) groups is 1. The second-order valence-corrected chi connectivity index (χ2v) is 3.05. The van der Waals surface area contributed by atoms with Gasteiger partial charge in [0.2, 0.25) is 0 Å². The Morgan fingerprint density at radius 1 is 1.33 bits per heavy atom. The highest BCUT2D eigenvalue weighted by Gasteiger charge is 2.10. The minimum atomic E-state index is -0.677. The lowest BCUT2D eigenvalue weighted by Gasteiger charge is -2.12. The molecule has 0 amide bonds. The monoisotopic (exact) mass is 237 g/mol. The Hall–Kier alpha value is -0.0900. The number of nitrogens with zero attached hydrogens (tertiary/aromatic N) is 1. The van der Waals surface area contributed by atoms with Crippen molar-refractivity contribution in [2.24, 2.45) is 0 Å². The lowest BCUT2D eigenvalue weighted by molar-refractivity contribution is -0.137. The summed E-state index contributed by atoms with van der Waals surface area (Å²) in [6.07, 6.45) is 3.69. The fourth-order valence-electron chi connectivity index (χ4n) is 1.46. The van der Waals surface area contributed by atoms with Gasteiger partial charge in [-0.1, -0.05) is 0 Å². The Kier molecular flexibility index (Phi) is 6.38. The molecule has 1 heterocycles. The number of aliphatic carboxylic acids is 1. The topological polar surface area (TPSA) is 40.5 Å². The molecule has 4 heteroatoms. The molecule has 1 N–H and O–H groups in total. The van der Waals surface area contributed by atoms with Gasteiger partial charge in [0.05, 0.1) is 0 Å². The van der Waals surface area contributed by atoms with Crippen LogP contribution in [0.2, 0.25) is 0 Å². The smallest absolute Gasteiger partial charge is 0.303 e. The molecule has 0 aromatic rings. The summed E-state index contributed by atoms with van der Waals surface area (Å²) >= 11 is 0. The quantitative estimate of drug-likeness (QED) is 0.807. The summed E-state index contributed by atoms with van der Waals surface area (Å²) < 4.78 is 0. The molecule has 1 fully saturated rings. The van der Waals surface area contributed by atoms with Gasteiger partial charge in [0.15, 0.2) is 0 Å². The zero-order valence-electron chi connectivity index (χ0n) is 7.16. The van der Waals surface area contributed by atoms with Gasteiger partial charge < -0.3 is 10.0 Å². The summed E-state index contributed by atoms with van der Waals surface area (Å²) in [5.74, 6) is -0.677. The van der Waals surface area contributed by atoms with E-state index in [-0.39, 0.29) is 17.0 Å². The van der Waals surface area contributed by atoms with Crippen LogP contribution in [0.25, 0.3) is 0 Å². The van der Waals surface area contributed by atoms with Gasteiger partial charge in [0.25, 0.3) is 0 Å². The molecule has 0 aliphatic carbocycles. The van der Waals surface area contributed by atoms with E-state index in [9.17, 15) is 4.79 Å². The summed E-state index contributed by atoms with van der Waals surface area (Å²) in [5.41, 5.74) is 0. The molecule has 1 aliphatic rings. The molecule has 0 radical (unpaired) electrons. The van der Waals surface area contributed by atoms with Crippen molar-refractivity contribution in [2.45, 2.75) is 25.7 Å². The third-order valence-corrected chi connectivity index (χ3v) is 2.06. The number of hydrogen-bond acceptors (Lipinski definition) is 2. The first-order valence-corrected chi connectivity index (χ1v) is 4.23. The van der Waals surface area contributed by atoms with Gasteiger partial charge in [0, 0.05) is 6.42 Å². The third-order valence-electron chi connectivity index (χ3n) is 2.06. The van der Waals surface area contributed by atoms with Crippen molar-refractivity contribution in [1.29, 1.82) is 0 Å². The summed E-state index contributed by atoms with van der Waals surface area (Å²) in [7, 11) is 0. The zero-order chi connectivity index (χ0) is 8.10. The van der Waals surface area contributed by atoms with Crippen molar-refractivity contribution in [1.82, 2.24) is 4.90 Å². The maximum absolute atomic E-state index is 10.2. The highest BCUT2D eigenvalue weighted by molar-refractivity contribution is 8.93. The molecule has 1 saturated heterocycles. The molecule has 0 aromatic carbocycles. The second-order valence-electron chi connectivity index (χ2n) is 3.05. The van der Waals surface area contributed by atoms with Gasteiger partial charge in [-0.15, -0.1) is 17.0 Å². The summed E-state index contributed by atoms with van der Waals surface area (Å²) in [4.78, 5) is 12.5. The molecule has 1 rings (SSSR count). The van der Waals surface area contributed by atoms with E-state index in [1.165, 1.54) is 25.9 Å². The zero-order valence-corrected chi connectivity index (χ0v) is 8.87. The van der Waals surface area contributed by atoms with E-state index in [2.05, 4.69) is 4.90 Å². The van der Waals surface area contributed by atoms with E-state index in [1.54, 1.807) is 0 Å². The highest BCUT2D eigenvalue weighted by Crippen LogP contribution is 2.07. The summed E-state index contributed by atoms with van der Waals surface area (Å²) in [5, 5.41) is 8.37. The SMILES string of the molecule is Br.O=C(O)CCCN1CCCC1. The predicted octanol–water partition coefficient (Wildman–Crippen LogP) is 1.52. The van der Waals surface area contributed by atoms with E-state index in [4.69, 9.17) is 5.11 Å². The van der Waals surface area contributed by atoms with Gasteiger partial charge in [0.1, 0.15) is 0 Å². The fraction of sp³-hybridized carbons (Fsp3) is 0.875. The molecule has 3 nitrogen and oxygen atoms in total. The second kappa shape index (κ2) is 6.43. The lowest BCUT2D eigenvalue weighted by atomic mass is 10.3. The molecule has 0 bridgehead atoms. The van der Waals surface area contributed by atoms with Crippen LogP contribution in [0.1, 0.15) is 25.7 Å². The van der Waals surface area contributed by atoms with Gasteiger partial charge >= 0.3 is 5.97 Å². The van der Waals surface area contributed by atoms with Crippen molar-refractivity contribution in [3.8, 4) is 0 Å². The van der Waals surface area contributed by atoms with Crippen molar-refractivity contribution >= 4 is 23.0 Å². The van der Waals surface area contributed by atoms with Crippen LogP contribution < -0.4 is 0 Å². The molecule has 12 heavy (non-hydrogen) atoms. The van der Waals surface area contributed by atoms with Crippen molar-refractivity contribution in [2.75, 3.05) is 19.6 Å². The maximum atomic E-state index is 10.2. The summed E-state index contributed by atoms with van der Waals surface area (Å²) in [6, 6.07) is 0. The molecule has 1 aliphatic heterocycles. The molecule has 0 aromatic heterocycles. The highest BCUT2D eigenvalue weighted by atomic mass is 79.9. The average molecular weight is 238 g/mol. The largest absolute Gasteiger partial charge is 0.481 e. The van der Waals surface area contributed by atoms with Crippen molar-refractivity contribution in [3.05, 3.63) is 0 Å². The first-order valence-electron chi connectivity index (χ1n) is 4.23. The Morgan fingerprint density at radius 3 is 2.42 bits per heavy atom. The minimum absolute atomic E-state index is 0. The first-order chi connectivity index (χ1) is 5.29. The molecule has 0 saturated carbocycles. The van der Waals surface area contributed by atoms with Crippen LogP contribution in [-0.4, -0.2) is 35.6 Å². The Bertz CT molecular complexity index is 135. The molecule has 0 spiro atoms. The Balaban J connectivity index is 0.00000121. The molecule has 0 unspecified atom stereocenters. The summed E-state index contributed by atoms with van der Waals surface area (Å²) in [6.45, 7) is 3.30. The predicted molar refractivity (Wildman–Crippen MR) is 52.9 cm³/mol. The van der Waals surface area contributed by atoms with Gasteiger partial charge in [-0.2, -0.15) is 0 Å². The normalized spacial score (nSPS) is 17.3. The van der Waals surface area contributed by atoms with Crippen LogP contribution in [0.3, 0.4) is 0 Å². The van der Waals surface area contributed by atoms with Crippen LogP contribution in [0.15, 0.2) is 0 Å². The van der Waals surface area contributed by atoms with E-state index in [1.807, 2.05) is 0 Å². The van der Waals surface area contributed by atoms with Crippen molar-refractivity contribution < 1.29 is 9.90 Å². The third kappa shape index (κ3) is 4.72. The van der Waals surface area contributed by atoms with Crippen LogP contribution >= 0.6 is 17.0 Å². The van der Waals surface area contributed by atoms with E-state index >= 15 is 0 Å². The molecule has 0 atom stereocenters. The van der Waals surface area contributed by atoms with E-state index < -0.39 is 5.97 Å². The fourth-order valence-corrected chi connectivity index (χ4v) is 1.46. The lowest BCUT2D eigenvalue weighted by Crippen LogP contribution is -2.20. The van der Waals surface area contributed by atoms with Gasteiger partial charge in [-0.05, 0) is 38.9 Å². The van der Waals surface area contributed by atoms with E-state index in [0.29, 0.717) is 6.42 Å². The van der Waals surface area contributed by atoms with Crippen LogP contribution in [0.5, 0.6) is 0 Å². The standard InChI is InChI=1S/C8H15NO2.BrH/c10-8(11)4-3-7-9-5-1-2-6-9;/h1-7H2,(H,10,11);1H. The van der Waals surface area contributed by atoms with Crippen LogP contribution in [0, 0.1) is 0 Å². The number of rotatable bonds is 4. The van der Waals surface area contributed by atoms with Gasteiger partial charge in [-0.3, -0.25) is 4.79 Å². The van der Waals surface area contributed by atoms with E-state index in [0.717, 1.165) is 13.0 Å². The maximum Gasteiger partial charge on any atom is 0.303 e. The number of likely N-dealkylation sites (tertiary alicyclic amines) is 1. The Labute approximate surface area is 83.5 Å². The number of carboxylic acid groups (broad SMARTS) is 1. The van der Waals surface area contributed by atoms with Crippen molar-refractivity contribution in [3.63, 3.8) is 0 Å². The molecule has 72 valence electrons. The average Bonchev–Trinajstić information content (AvgIpc) is 2.39. The van der Waals surface area contributed by atoms with Crippen LogP contribution in [-0.2, 0) is 4.79 Å². The number of halogens is 1. The van der Waals surface area contributed by atoms with Crippen LogP contribution in [0.4, 0.5) is 0 Å². The molecular formula is C8H16BrNO2.